The van der Waals surface area contributed by atoms with Gasteiger partial charge in [-0.3, -0.25) is 4.90 Å². The molecule has 4 rings (SSSR count). The molecule has 0 amide bonds. The number of H-pyrrole nitrogens is 1. The topological polar surface area (TPSA) is 85.3 Å². The minimum atomic E-state index is -0.991. The fraction of sp³-hybridized carbons (Fsp3) is 0.381. The van der Waals surface area contributed by atoms with Crippen LogP contribution in [0.1, 0.15) is 30.6 Å². The highest BCUT2D eigenvalue weighted by Gasteiger charge is 2.26. The molecule has 1 fully saturated rings. The van der Waals surface area contributed by atoms with Gasteiger partial charge in [-0.2, -0.15) is 0 Å². The average molecular weight is 379 g/mol. The Morgan fingerprint density at radius 2 is 2.00 bits per heavy atom. The van der Waals surface area contributed by atoms with Gasteiger partial charge < -0.3 is 15.0 Å². The number of carbonyl (C=O) groups is 1. The third kappa shape index (κ3) is 3.33. The maximum atomic E-state index is 11.4. The first-order valence-corrected chi connectivity index (χ1v) is 9.78. The maximum absolute atomic E-state index is 11.4. The molecule has 2 N–H and O–H groups in total. The summed E-state index contributed by atoms with van der Waals surface area (Å²) in [6.45, 7) is 8.74. The summed E-state index contributed by atoms with van der Waals surface area (Å²) in [6, 6.07) is 10.4. The van der Waals surface area contributed by atoms with Crippen molar-refractivity contribution in [2.45, 2.75) is 26.3 Å². The van der Waals surface area contributed by atoms with Crippen molar-refractivity contribution < 1.29 is 9.90 Å². The van der Waals surface area contributed by atoms with Gasteiger partial charge in [0.1, 0.15) is 5.82 Å². The van der Waals surface area contributed by atoms with E-state index in [-0.39, 0.29) is 5.56 Å². The summed E-state index contributed by atoms with van der Waals surface area (Å²) in [6.07, 6.45) is 2.66. The van der Waals surface area contributed by atoms with Crippen molar-refractivity contribution in [3.05, 3.63) is 42.1 Å². The third-order valence-corrected chi connectivity index (χ3v) is 5.62. The van der Waals surface area contributed by atoms with Crippen molar-refractivity contribution in [3.63, 3.8) is 0 Å². The summed E-state index contributed by atoms with van der Waals surface area (Å²) in [7, 11) is 0. The molecule has 0 saturated carbocycles. The molecule has 1 aliphatic rings. The predicted molar refractivity (Wildman–Crippen MR) is 110 cm³/mol. The number of aromatic carboxylic acids is 1. The Kier molecular flexibility index (Phi) is 5.00. The van der Waals surface area contributed by atoms with Gasteiger partial charge in [0.15, 0.2) is 5.65 Å². The van der Waals surface area contributed by atoms with E-state index in [0.717, 1.165) is 31.7 Å². The largest absolute Gasteiger partial charge is 0.478 e. The van der Waals surface area contributed by atoms with Gasteiger partial charge in [0.05, 0.1) is 11.1 Å². The van der Waals surface area contributed by atoms with E-state index >= 15 is 0 Å². The number of rotatable bonds is 6. The number of likely N-dealkylation sites (N-methyl/N-ethyl adjacent to an activating group) is 1. The molecule has 1 atom stereocenters. The SMILES string of the molecule is CCN(CC)C1CCN(c2ccc(-c3nc4nccc(C(=O)O)c4[nH]3)cc2)C1. The van der Waals surface area contributed by atoms with E-state index in [1.165, 1.54) is 24.4 Å². The molecule has 146 valence electrons. The molecule has 1 saturated heterocycles. The van der Waals surface area contributed by atoms with Gasteiger partial charge >= 0.3 is 5.97 Å². The average Bonchev–Trinajstić information content (AvgIpc) is 3.36. The van der Waals surface area contributed by atoms with Crippen LogP contribution in [0.3, 0.4) is 0 Å². The molecule has 1 aromatic carbocycles. The van der Waals surface area contributed by atoms with Gasteiger partial charge in [0.25, 0.3) is 0 Å². The summed E-state index contributed by atoms with van der Waals surface area (Å²) in [5, 5.41) is 9.33. The lowest BCUT2D eigenvalue weighted by Crippen LogP contribution is -2.37. The zero-order chi connectivity index (χ0) is 19.7. The highest BCUT2D eigenvalue weighted by Crippen LogP contribution is 2.27. The van der Waals surface area contributed by atoms with Gasteiger partial charge in [0, 0.05) is 36.6 Å². The number of aromatic amines is 1. The standard InChI is InChI=1S/C21H25N5O2/c1-3-25(4-2)16-10-12-26(13-16)15-7-5-14(6-8-15)19-23-18-17(21(27)28)9-11-22-20(18)24-19/h5-9,11,16H,3-4,10,12-13H2,1-2H3,(H,27,28)(H,22,23,24). The number of hydrogen-bond acceptors (Lipinski definition) is 5. The number of fused-ring (bicyclic) bond motifs is 1. The summed E-state index contributed by atoms with van der Waals surface area (Å²) in [5.74, 6) is -0.361. The fourth-order valence-electron chi connectivity index (χ4n) is 4.07. The van der Waals surface area contributed by atoms with Crippen LogP contribution < -0.4 is 4.90 Å². The van der Waals surface area contributed by atoms with Crippen LogP contribution in [-0.4, -0.2) is 63.1 Å². The molecular formula is C21H25N5O2. The van der Waals surface area contributed by atoms with Gasteiger partial charge in [-0.05, 0) is 49.8 Å². The Labute approximate surface area is 164 Å². The number of hydrogen-bond donors (Lipinski definition) is 2. The number of benzene rings is 1. The number of aromatic nitrogens is 3. The van der Waals surface area contributed by atoms with Crippen molar-refractivity contribution in [2.24, 2.45) is 0 Å². The van der Waals surface area contributed by atoms with Gasteiger partial charge in [0.2, 0.25) is 0 Å². The van der Waals surface area contributed by atoms with E-state index in [1.807, 2.05) is 12.1 Å². The summed E-state index contributed by atoms with van der Waals surface area (Å²) >= 11 is 0. The number of carboxylic acid groups (broad SMARTS) is 1. The lowest BCUT2D eigenvalue weighted by atomic mass is 10.2. The number of pyridine rings is 1. The molecule has 28 heavy (non-hydrogen) atoms. The highest BCUT2D eigenvalue weighted by molar-refractivity contribution is 6.00. The molecule has 2 aromatic heterocycles. The number of nitrogens with one attached hydrogen (secondary N) is 1. The molecular weight excluding hydrogens is 354 g/mol. The van der Waals surface area contributed by atoms with Crippen molar-refractivity contribution in [1.82, 2.24) is 19.9 Å². The Bertz CT molecular complexity index is 978. The van der Waals surface area contributed by atoms with E-state index < -0.39 is 5.97 Å². The zero-order valence-electron chi connectivity index (χ0n) is 16.2. The van der Waals surface area contributed by atoms with E-state index in [1.54, 1.807) is 0 Å². The molecule has 0 aliphatic carbocycles. The Balaban J connectivity index is 1.55. The molecule has 1 aliphatic heterocycles. The van der Waals surface area contributed by atoms with Crippen LogP contribution in [0.15, 0.2) is 36.5 Å². The monoisotopic (exact) mass is 379 g/mol. The minimum Gasteiger partial charge on any atom is -0.478 e. The maximum Gasteiger partial charge on any atom is 0.338 e. The number of imidazole rings is 1. The lowest BCUT2D eigenvalue weighted by molar-refractivity contribution is 0.0698. The number of nitrogens with zero attached hydrogens (tertiary/aromatic N) is 4. The number of anilines is 1. The summed E-state index contributed by atoms with van der Waals surface area (Å²) < 4.78 is 0. The molecule has 0 bridgehead atoms. The van der Waals surface area contributed by atoms with Crippen LogP contribution in [0.5, 0.6) is 0 Å². The first-order valence-electron chi connectivity index (χ1n) is 9.78. The van der Waals surface area contributed by atoms with Crippen LogP contribution in [0, 0.1) is 0 Å². The van der Waals surface area contributed by atoms with Gasteiger partial charge in [-0.15, -0.1) is 0 Å². The summed E-state index contributed by atoms with van der Waals surface area (Å²) in [5.41, 5.74) is 3.17. The normalized spacial score (nSPS) is 17.0. The van der Waals surface area contributed by atoms with E-state index in [0.29, 0.717) is 23.0 Å². The first kappa shape index (κ1) is 18.4. The van der Waals surface area contributed by atoms with Crippen LogP contribution in [-0.2, 0) is 0 Å². The Morgan fingerprint density at radius 1 is 1.25 bits per heavy atom. The second-order valence-corrected chi connectivity index (χ2v) is 7.10. The smallest absolute Gasteiger partial charge is 0.338 e. The minimum absolute atomic E-state index is 0.180. The Hall–Kier alpha value is -2.93. The van der Waals surface area contributed by atoms with Crippen LogP contribution in [0.4, 0.5) is 5.69 Å². The highest BCUT2D eigenvalue weighted by atomic mass is 16.4. The fourth-order valence-corrected chi connectivity index (χ4v) is 4.07. The van der Waals surface area contributed by atoms with E-state index in [2.05, 4.69) is 50.7 Å². The van der Waals surface area contributed by atoms with Gasteiger partial charge in [-0.1, -0.05) is 13.8 Å². The van der Waals surface area contributed by atoms with Crippen molar-refractivity contribution >= 4 is 22.8 Å². The van der Waals surface area contributed by atoms with Gasteiger partial charge in [-0.25, -0.2) is 14.8 Å². The summed E-state index contributed by atoms with van der Waals surface area (Å²) in [4.78, 5) is 28.1. The van der Waals surface area contributed by atoms with Crippen LogP contribution in [0.25, 0.3) is 22.6 Å². The molecule has 7 nitrogen and oxygen atoms in total. The molecule has 1 unspecified atom stereocenters. The zero-order valence-corrected chi connectivity index (χ0v) is 16.2. The molecule has 3 heterocycles. The molecule has 0 spiro atoms. The molecule has 7 heteroatoms. The van der Waals surface area contributed by atoms with Crippen LogP contribution >= 0.6 is 0 Å². The first-order chi connectivity index (χ1) is 13.6. The molecule has 3 aromatic rings. The van der Waals surface area contributed by atoms with Crippen molar-refractivity contribution in [2.75, 3.05) is 31.1 Å². The number of carboxylic acids is 1. The van der Waals surface area contributed by atoms with E-state index in [4.69, 9.17) is 0 Å². The second-order valence-electron chi connectivity index (χ2n) is 7.10. The van der Waals surface area contributed by atoms with Crippen molar-refractivity contribution in [1.29, 1.82) is 0 Å². The quantitative estimate of drug-likeness (QED) is 0.684. The Morgan fingerprint density at radius 3 is 2.68 bits per heavy atom. The second kappa shape index (κ2) is 7.59. The van der Waals surface area contributed by atoms with Crippen LogP contribution in [0.2, 0.25) is 0 Å². The third-order valence-electron chi connectivity index (χ3n) is 5.62. The molecule has 0 radical (unpaired) electrons. The van der Waals surface area contributed by atoms with E-state index in [9.17, 15) is 9.90 Å². The lowest BCUT2D eigenvalue weighted by Gasteiger charge is -2.26. The van der Waals surface area contributed by atoms with Crippen molar-refractivity contribution in [3.8, 4) is 11.4 Å². The predicted octanol–water partition coefficient (Wildman–Crippen LogP) is 3.24.